The quantitative estimate of drug-likeness (QED) is 0.493. The third-order valence-corrected chi connectivity index (χ3v) is 3.76. The average Bonchev–Trinajstić information content (AvgIpc) is 1.14. The van der Waals surface area contributed by atoms with Crippen molar-refractivity contribution in [1.29, 1.82) is 0 Å². The zero-order chi connectivity index (χ0) is 7.71. The van der Waals surface area contributed by atoms with E-state index in [1.165, 1.54) is 0 Å². The second-order valence-corrected chi connectivity index (χ2v) is 12.9. The lowest BCUT2D eigenvalue weighted by Crippen LogP contribution is -2.12. The molecule has 0 N–H and O–H groups in total. The summed E-state index contributed by atoms with van der Waals surface area (Å²) in [6.45, 7) is 0. The van der Waals surface area contributed by atoms with Crippen molar-refractivity contribution >= 4 is 70.9 Å². The number of rotatable bonds is 1. The predicted octanol–water partition coefficient (Wildman–Crippen LogP) is 2.55. The molecule has 0 unspecified atom stereocenters. The Morgan fingerprint density at radius 2 is 1.56 bits per heavy atom. The first-order chi connectivity index (χ1) is 3.71. The number of hydrogen-bond donors (Lipinski definition) is 0. The van der Waals surface area contributed by atoms with Gasteiger partial charge in [-0.15, -0.1) is 0 Å². The van der Waals surface area contributed by atoms with E-state index in [1.54, 1.807) is 0 Å². The highest BCUT2D eigenvalue weighted by Crippen LogP contribution is 2.35. The predicted molar refractivity (Wildman–Crippen MR) is 52.2 cm³/mol. The van der Waals surface area contributed by atoms with Crippen LogP contribution in [0.2, 0.25) is 0 Å². The molecule has 0 saturated heterocycles. The van der Waals surface area contributed by atoms with Crippen LogP contribution in [0.5, 0.6) is 0 Å². The minimum absolute atomic E-state index is 0.0694. The van der Waals surface area contributed by atoms with E-state index >= 15 is 0 Å². The molecule has 0 aromatic heterocycles. The Bertz CT molecular complexity index is 177. The standard InChI is InChI=1S/C2H2Br4O2S/c3-2(4,5)1-9(6,7)8/h1H2. The lowest BCUT2D eigenvalue weighted by molar-refractivity contribution is 0.612. The fourth-order valence-corrected chi connectivity index (χ4v) is 7.09. The highest BCUT2D eigenvalue weighted by atomic mass is 80.0. The van der Waals surface area contributed by atoms with Gasteiger partial charge in [0.05, 0.1) is 20.6 Å². The third-order valence-electron chi connectivity index (χ3n) is 0.336. The molecule has 7 heteroatoms. The molecule has 9 heavy (non-hydrogen) atoms. The van der Waals surface area contributed by atoms with Gasteiger partial charge in [0.1, 0.15) is 2.14 Å². The van der Waals surface area contributed by atoms with Crippen LogP contribution in [0.25, 0.3) is 0 Å². The van der Waals surface area contributed by atoms with Crippen LogP contribution in [-0.2, 0) is 8.27 Å². The van der Waals surface area contributed by atoms with Crippen LogP contribution in [0.1, 0.15) is 0 Å². The summed E-state index contributed by atoms with van der Waals surface area (Å²) < 4.78 is 20.2. The molecule has 0 fully saturated rings. The zero-order valence-electron chi connectivity index (χ0n) is 3.94. The Kier molecular flexibility index (Phi) is 4.24. The SMILES string of the molecule is O=S(=O)(Br)CC(Br)(Br)Br. The summed E-state index contributed by atoms with van der Waals surface area (Å²) in [5, 5.41) is 0. The van der Waals surface area contributed by atoms with Crippen LogP contribution in [0.15, 0.2) is 0 Å². The van der Waals surface area contributed by atoms with Crippen molar-refractivity contribution in [2.24, 2.45) is 0 Å². The van der Waals surface area contributed by atoms with Crippen LogP contribution in [0.3, 0.4) is 0 Å². The molecule has 0 amide bonds. The molecule has 0 aromatic rings. The Morgan fingerprint density at radius 1 is 1.22 bits per heavy atom. The minimum atomic E-state index is -3.11. The van der Waals surface area contributed by atoms with Crippen LogP contribution in [0.4, 0.5) is 0 Å². The van der Waals surface area contributed by atoms with Gasteiger partial charge in [-0.25, -0.2) is 8.42 Å². The third kappa shape index (κ3) is 9.87. The van der Waals surface area contributed by atoms with E-state index in [0.29, 0.717) is 0 Å². The Hall–Kier alpha value is 1.87. The van der Waals surface area contributed by atoms with Crippen molar-refractivity contribution in [2.75, 3.05) is 5.75 Å². The van der Waals surface area contributed by atoms with Crippen molar-refractivity contribution in [3.05, 3.63) is 0 Å². The molecular formula is C2H2Br4O2S. The maximum atomic E-state index is 10.5. The molecule has 0 spiro atoms. The Balaban J connectivity index is 4.07. The van der Waals surface area contributed by atoms with Gasteiger partial charge < -0.3 is 0 Å². The summed E-state index contributed by atoms with van der Waals surface area (Å²) in [5.74, 6) is -0.0694. The lowest BCUT2D eigenvalue weighted by atomic mass is 11.0. The second kappa shape index (κ2) is 3.51. The minimum Gasteiger partial charge on any atom is -0.217 e. The summed E-state index contributed by atoms with van der Waals surface area (Å²) in [6.07, 6.45) is 0. The summed E-state index contributed by atoms with van der Waals surface area (Å²) in [6, 6.07) is 0. The fraction of sp³-hybridized carbons (Fsp3) is 1.00. The van der Waals surface area contributed by atoms with E-state index < -0.39 is 10.4 Å². The van der Waals surface area contributed by atoms with Gasteiger partial charge in [-0.05, 0) is 0 Å². The van der Waals surface area contributed by atoms with Gasteiger partial charge in [0, 0.05) is 0 Å². The molecule has 2 nitrogen and oxygen atoms in total. The molecule has 0 bridgehead atoms. The van der Waals surface area contributed by atoms with E-state index in [9.17, 15) is 8.42 Å². The Labute approximate surface area is 86.3 Å². The van der Waals surface area contributed by atoms with E-state index in [2.05, 4.69) is 62.6 Å². The summed E-state index contributed by atoms with van der Waals surface area (Å²) in [5.41, 5.74) is 0. The van der Waals surface area contributed by atoms with Gasteiger partial charge >= 0.3 is 0 Å². The summed E-state index contributed by atoms with van der Waals surface area (Å²) >= 11 is 11.6. The molecule has 0 aromatic carbocycles. The highest BCUT2D eigenvalue weighted by molar-refractivity contribution is 9.48. The lowest BCUT2D eigenvalue weighted by Gasteiger charge is -2.07. The van der Waals surface area contributed by atoms with E-state index in [0.717, 1.165) is 0 Å². The molecule has 0 aliphatic heterocycles. The molecule has 56 valence electrons. The molecular weight excluding hydrogens is 408 g/mol. The van der Waals surface area contributed by atoms with Gasteiger partial charge in [0.25, 0.3) is 0 Å². The van der Waals surface area contributed by atoms with E-state index in [1.807, 2.05) is 0 Å². The molecule has 0 saturated carbocycles. The smallest absolute Gasteiger partial charge is 0.212 e. The van der Waals surface area contributed by atoms with Gasteiger partial charge in [-0.1, -0.05) is 47.8 Å². The molecule has 0 heterocycles. The maximum Gasteiger partial charge on any atom is 0.212 e. The van der Waals surface area contributed by atoms with Crippen molar-refractivity contribution in [3.8, 4) is 0 Å². The first-order valence-corrected chi connectivity index (χ1v) is 7.57. The fourth-order valence-electron chi connectivity index (χ4n) is 0.195. The van der Waals surface area contributed by atoms with Gasteiger partial charge in [-0.2, -0.15) is 0 Å². The molecule has 0 rings (SSSR count). The molecule has 0 aliphatic rings. The van der Waals surface area contributed by atoms with Crippen molar-refractivity contribution in [3.63, 3.8) is 0 Å². The molecule has 0 radical (unpaired) electrons. The molecule has 0 atom stereocenters. The average molecular weight is 410 g/mol. The van der Waals surface area contributed by atoms with Crippen LogP contribution >= 0.6 is 62.6 Å². The van der Waals surface area contributed by atoms with Crippen molar-refractivity contribution in [1.82, 2.24) is 0 Å². The number of alkyl halides is 3. The number of halogens is 4. The van der Waals surface area contributed by atoms with Gasteiger partial charge in [0.2, 0.25) is 8.27 Å². The maximum absolute atomic E-state index is 10.5. The van der Waals surface area contributed by atoms with Crippen LogP contribution in [0, 0.1) is 0 Å². The first-order valence-electron chi connectivity index (χ1n) is 1.70. The van der Waals surface area contributed by atoms with E-state index in [-0.39, 0.29) is 5.75 Å². The largest absolute Gasteiger partial charge is 0.217 e. The topological polar surface area (TPSA) is 34.1 Å². The zero-order valence-corrected chi connectivity index (χ0v) is 11.1. The first kappa shape index (κ1) is 10.9. The number of hydrogen-bond acceptors (Lipinski definition) is 2. The van der Waals surface area contributed by atoms with Crippen LogP contribution in [-0.4, -0.2) is 16.3 Å². The van der Waals surface area contributed by atoms with Crippen LogP contribution < -0.4 is 0 Å². The Morgan fingerprint density at radius 3 is 1.56 bits per heavy atom. The van der Waals surface area contributed by atoms with Crippen molar-refractivity contribution < 1.29 is 8.42 Å². The normalized spacial score (nSPS) is 13.8. The van der Waals surface area contributed by atoms with Gasteiger partial charge in [0.15, 0.2) is 0 Å². The highest BCUT2D eigenvalue weighted by Gasteiger charge is 2.24. The van der Waals surface area contributed by atoms with E-state index in [4.69, 9.17) is 0 Å². The monoisotopic (exact) mass is 406 g/mol. The summed E-state index contributed by atoms with van der Waals surface area (Å²) in [4.78, 5) is 0. The van der Waals surface area contributed by atoms with Gasteiger partial charge in [-0.3, -0.25) is 0 Å². The summed E-state index contributed by atoms with van der Waals surface area (Å²) in [7, 11) is -3.11. The van der Waals surface area contributed by atoms with Crippen molar-refractivity contribution in [2.45, 2.75) is 2.14 Å². The second-order valence-electron chi connectivity index (χ2n) is 1.30. The molecule has 0 aliphatic carbocycles.